The minimum atomic E-state index is -0.404. The molecule has 0 saturated carbocycles. The highest BCUT2D eigenvalue weighted by molar-refractivity contribution is 5.42. The van der Waals surface area contributed by atoms with Gasteiger partial charge in [-0.3, -0.25) is 9.88 Å². The maximum Gasteiger partial charge on any atom is 0.161 e. The van der Waals surface area contributed by atoms with E-state index in [-0.39, 0.29) is 0 Å². The summed E-state index contributed by atoms with van der Waals surface area (Å²) in [5.41, 5.74) is 2.08. The van der Waals surface area contributed by atoms with Crippen LogP contribution in [-0.2, 0) is 13.1 Å². The van der Waals surface area contributed by atoms with E-state index in [0.717, 1.165) is 11.3 Å². The topological polar surface area (TPSA) is 54.8 Å². The molecule has 2 rings (SSSR count). The number of nitrogens with zero attached hydrogens (tertiary/aromatic N) is 2. The largest absolute Gasteiger partial charge is 0.493 e. The zero-order valence-corrected chi connectivity index (χ0v) is 13.9. The lowest BCUT2D eigenvalue weighted by molar-refractivity contribution is 0.117. The predicted octanol–water partition coefficient (Wildman–Crippen LogP) is 2.48. The summed E-state index contributed by atoms with van der Waals surface area (Å²) in [6, 6.07) is 11.7. The molecule has 0 aliphatic rings. The fourth-order valence-electron chi connectivity index (χ4n) is 2.52. The Morgan fingerprint density at radius 1 is 1.09 bits per heavy atom. The van der Waals surface area contributed by atoms with E-state index in [4.69, 9.17) is 9.47 Å². The van der Waals surface area contributed by atoms with Gasteiger partial charge in [0.1, 0.15) is 0 Å². The molecule has 124 valence electrons. The first-order chi connectivity index (χ1) is 11.1. The molecule has 0 spiro atoms. The fraction of sp³-hybridized carbons (Fsp3) is 0.389. The Morgan fingerprint density at radius 2 is 1.87 bits per heavy atom. The van der Waals surface area contributed by atoms with Gasteiger partial charge in [0, 0.05) is 25.8 Å². The summed E-state index contributed by atoms with van der Waals surface area (Å²) in [6.07, 6.45) is 1.38. The van der Waals surface area contributed by atoms with Crippen LogP contribution < -0.4 is 9.47 Å². The zero-order valence-electron chi connectivity index (χ0n) is 13.9. The van der Waals surface area contributed by atoms with Gasteiger partial charge in [-0.05, 0) is 36.8 Å². The summed E-state index contributed by atoms with van der Waals surface area (Å²) in [7, 11) is 3.25. The van der Waals surface area contributed by atoms with E-state index in [9.17, 15) is 5.11 Å². The molecule has 0 fully saturated rings. The van der Waals surface area contributed by atoms with Crippen LogP contribution in [0.2, 0.25) is 0 Å². The smallest absolute Gasteiger partial charge is 0.161 e. The van der Waals surface area contributed by atoms with Gasteiger partial charge in [-0.1, -0.05) is 12.1 Å². The first-order valence-electron chi connectivity index (χ1n) is 7.63. The summed E-state index contributed by atoms with van der Waals surface area (Å²) < 4.78 is 10.6. The molecule has 1 atom stereocenters. The highest BCUT2D eigenvalue weighted by Crippen LogP contribution is 2.28. The Balaban J connectivity index is 2.13. The lowest BCUT2D eigenvalue weighted by Crippen LogP contribution is -2.30. The molecule has 0 aliphatic heterocycles. The van der Waals surface area contributed by atoms with Crippen molar-refractivity contribution in [3.63, 3.8) is 0 Å². The van der Waals surface area contributed by atoms with Crippen LogP contribution in [0.25, 0.3) is 0 Å². The van der Waals surface area contributed by atoms with E-state index in [1.165, 1.54) is 0 Å². The molecule has 1 heterocycles. The summed E-state index contributed by atoms with van der Waals surface area (Å²) in [5.74, 6) is 1.42. The molecule has 1 aromatic heterocycles. The van der Waals surface area contributed by atoms with Crippen LogP contribution in [0.3, 0.4) is 0 Å². The molecule has 0 radical (unpaired) electrons. The number of hydrogen-bond acceptors (Lipinski definition) is 5. The van der Waals surface area contributed by atoms with E-state index in [2.05, 4.69) is 9.88 Å². The van der Waals surface area contributed by atoms with Crippen molar-refractivity contribution in [2.45, 2.75) is 26.1 Å². The van der Waals surface area contributed by atoms with Gasteiger partial charge in [-0.25, -0.2) is 0 Å². The third-order valence-corrected chi connectivity index (χ3v) is 3.49. The van der Waals surface area contributed by atoms with E-state index >= 15 is 0 Å². The number of rotatable bonds is 8. The van der Waals surface area contributed by atoms with Crippen LogP contribution in [0.1, 0.15) is 18.2 Å². The Bertz CT molecular complexity index is 602. The number of benzene rings is 1. The fourth-order valence-corrected chi connectivity index (χ4v) is 2.52. The SMILES string of the molecule is COc1ccc(CN(Cc2ccccn2)C[C@H](C)O)cc1OC. The number of aliphatic hydroxyl groups excluding tert-OH is 1. The second-order valence-electron chi connectivity index (χ2n) is 5.53. The van der Waals surface area contributed by atoms with Crippen molar-refractivity contribution in [2.75, 3.05) is 20.8 Å². The van der Waals surface area contributed by atoms with Crippen LogP contribution in [0.5, 0.6) is 11.5 Å². The summed E-state index contributed by atoms with van der Waals surface area (Å²) in [4.78, 5) is 6.52. The minimum absolute atomic E-state index is 0.404. The van der Waals surface area contributed by atoms with Gasteiger partial charge >= 0.3 is 0 Å². The molecule has 0 amide bonds. The summed E-state index contributed by atoms with van der Waals surface area (Å²) >= 11 is 0. The van der Waals surface area contributed by atoms with E-state index < -0.39 is 6.10 Å². The van der Waals surface area contributed by atoms with E-state index in [1.807, 2.05) is 36.4 Å². The highest BCUT2D eigenvalue weighted by Gasteiger charge is 2.12. The van der Waals surface area contributed by atoms with Gasteiger partial charge in [0.2, 0.25) is 0 Å². The average molecular weight is 316 g/mol. The number of aliphatic hydroxyl groups is 1. The van der Waals surface area contributed by atoms with Crippen molar-refractivity contribution in [3.8, 4) is 11.5 Å². The highest BCUT2D eigenvalue weighted by atomic mass is 16.5. The van der Waals surface area contributed by atoms with Gasteiger partial charge in [0.05, 0.1) is 26.0 Å². The van der Waals surface area contributed by atoms with Crippen LogP contribution in [-0.4, -0.2) is 41.9 Å². The lowest BCUT2D eigenvalue weighted by Gasteiger charge is -2.24. The van der Waals surface area contributed by atoms with Crippen molar-refractivity contribution < 1.29 is 14.6 Å². The second kappa shape index (κ2) is 8.50. The van der Waals surface area contributed by atoms with Crippen molar-refractivity contribution in [1.82, 2.24) is 9.88 Å². The number of pyridine rings is 1. The van der Waals surface area contributed by atoms with Crippen molar-refractivity contribution in [1.29, 1.82) is 0 Å². The molecule has 0 bridgehead atoms. The second-order valence-corrected chi connectivity index (χ2v) is 5.53. The standard InChI is InChI=1S/C18H24N2O3/c1-14(21)11-20(13-16-6-4-5-9-19-16)12-15-7-8-17(22-2)18(10-15)23-3/h4-10,14,21H,11-13H2,1-3H3/t14-/m0/s1. The first kappa shape index (κ1) is 17.2. The number of aromatic nitrogens is 1. The Morgan fingerprint density at radius 3 is 2.48 bits per heavy atom. The monoisotopic (exact) mass is 316 g/mol. The third-order valence-electron chi connectivity index (χ3n) is 3.49. The molecule has 0 unspecified atom stereocenters. The minimum Gasteiger partial charge on any atom is -0.493 e. The molecule has 5 heteroatoms. The van der Waals surface area contributed by atoms with Crippen molar-refractivity contribution in [2.24, 2.45) is 0 Å². The molecule has 1 aromatic carbocycles. The van der Waals surface area contributed by atoms with Crippen molar-refractivity contribution in [3.05, 3.63) is 53.9 Å². The quantitative estimate of drug-likeness (QED) is 0.811. The third kappa shape index (κ3) is 5.23. The van der Waals surface area contributed by atoms with Crippen LogP contribution in [0, 0.1) is 0 Å². The van der Waals surface area contributed by atoms with Crippen LogP contribution >= 0.6 is 0 Å². The maximum atomic E-state index is 9.75. The molecule has 23 heavy (non-hydrogen) atoms. The van der Waals surface area contributed by atoms with Gasteiger partial charge in [-0.2, -0.15) is 0 Å². The molecule has 2 aromatic rings. The van der Waals surface area contributed by atoms with Gasteiger partial charge in [0.15, 0.2) is 11.5 Å². The van der Waals surface area contributed by atoms with E-state index in [0.29, 0.717) is 31.1 Å². The number of ether oxygens (including phenoxy) is 2. The molecule has 5 nitrogen and oxygen atoms in total. The van der Waals surface area contributed by atoms with E-state index in [1.54, 1.807) is 27.3 Å². The molecular formula is C18H24N2O3. The Kier molecular flexibility index (Phi) is 6.38. The summed E-state index contributed by atoms with van der Waals surface area (Å²) in [6.45, 7) is 3.74. The molecule has 1 N–H and O–H groups in total. The summed E-state index contributed by atoms with van der Waals surface area (Å²) in [5, 5.41) is 9.75. The van der Waals surface area contributed by atoms with Gasteiger partial charge < -0.3 is 14.6 Å². The maximum absolute atomic E-state index is 9.75. The number of hydrogen-bond donors (Lipinski definition) is 1. The Hall–Kier alpha value is -2.11. The first-order valence-corrected chi connectivity index (χ1v) is 7.63. The zero-order chi connectivity index (χ0) is 16.7. The lowest BCUT2D eigenvalue weighted by atomic mass is 10.1. The normalized spacial score (nSPS) is 12.2. The van der Waals surface area contributed by atoms with Gasteiger partial charge in [0.25, 0.3) is 0 Å². The average Bonchev–Trinajstić information content (AvgIpc) is 2.55. The molecule has 0 saturated heterocycles. The van der Waals surface area contributed by atoms with Crippen LogP contribution in [0.4, 0.5) is 0 Å². The van der Waals surface area contributed by atoms with Crippen LogP contribution in [0.15, 0.2) is 42.6 Å². The molecular weight excluding hydrogens is 292 g/mol. The molecule has 0 aliphatic carbocycles. The predicted molar refractivity (Wildman–Crippen MR) is 89.6 cm³/mol. The number of methoxy groups -OCH3 is 2. The van der Waals surface area contributed by atoms with Crippen molar-refractivity contribution >= 4 is 0 Å². The Labute approximate surface area is 137 Å². The van der Waals surface area contributed by atoms with Gasteiger partial charge in [-0.15, -0.1) is 0 Å².